The maximum absolute atomic E-state index is 12.0. The lowest BCUT2D eigenvalue weighted by molar-refractivity contribution is -0.116. The lowest BCUT2D eigenvalue weighted by atomic mass is 9.72. The van der Waals surface area contributed by atoms with E-state index < -0.39 is 0 Å². The first-order valence-electron chi connectivity index (χ1n) is 10.9. The van der Waals surface area contributed by atoms with Gasteiger partial charge in [0.05, 0.1) is 6.54 Å². The first-order chi connectivity index (χ1) is 14.8. The number of rotatable bonds is 9. The summed E-state index contributed by atoms with van der Waals surface area (Å²) in [6.45, 7) is 11.6. The molecule has 2 rings (SSSR count). The molecule has 1 heterocycles. The van der Waals surface area contributed by atoms with Crippen molar-refractivity contribution >= 4 is 5.91 Å². The fraction of sp³-hybridized carbons (Fsp3) is 0.423. The molecule has 0 radical (unpaired) electrons. The van der Waals surface area contributed by atoms with Gasteiger partial charge in [0.15, 0.2) is 0 Å². The molecule has 1 aliphatic carbocycles. The molecular weight excluding hydrogens is 386 g/mol. The van der Waals surface area contributed by atoms with Crippen molar-refractivity contribution in [3.8, 4) is 6.01 Å². The second-order valence-corrected chi connectivity index (χ2v) is 8.59. The first kappa shape index (κ1) is 24.3. The van der Waals surface area contributed by atoms with Crippen molar-refractivity contribution < 1.29 is 9.53 Å². The number of nitrogens with one attached hydrogen (secondary N) is 1. The first-order valence-corrected chi connectivity index (χ1v) is 10.9. The van der Waals surface area contributed by atoms with Crippen LogP contribution in [0.3, 0.4) is 0 Å². The van der Waals surface area contributed by atoms with Crippen LogP contribution >= 0.6 is 0 Å². The standard InChI is InChI=1S/C26H35N3O2/c1-20(12-13-23-22(3)11-7-14-26(23,4)5)9-6-10-21(2)19-24(30)27-17-18-31-25-28-15-8-16-29-25/h6,8-10,12-13,15-16,19H,7,11,14,17-18H2,1-5H3,(H,27,30). The molecule has 0 aromatic carbocycles. The minimum absolute atomic E-state index is 0.151. The minimum Gasteiger partial charge on any atom is -0.462 e. The number of aromatic nitrogens is 2. The molecule has 31 heavy (non-hydrogen) atoms. The zero-order valence-corrected chi connectivity index (χ0v) is 19.4. The Morgan fingerprint density at radius 1 is 1.19 bits per heavy atom. The van der Waals surface area contributed by atoms with Crippen LogP contribution in [-0.2, 0) is 4.79 Å². The maximum Gasteiger partial charge on any atom is 0.316 e. The van der Waals surface area contributed by atoms with Gasteiger partial charge in [-0.25, -0.2) is 9.97 Å². The van der Waals surface area contributed by atoms with E-state index in [9.17, 15) is 4.79 Å². The Hall–Kier alpha value is -2.95. The highest BCUT2D eigenvalue weighted by atomic mass is 16.5. The van der Waals surface area contributed by atoms with Crippen LogP contribution in [0.25, 0.3) is 0 Å². The number of carbonyl (C=O) groups excluding carboxylic acids is 1. The lowest BCUT2D eigenvalue weighted by Crippen LogP contribution is -2.26. The van der Waals surface area contributed by atoms with Gasteiger partial charge in [-0.1, -0.05) is 55.4 Å². The molecule has 0 saturated carbocycles. The van der Waals surface area contributed by atoms with E-state index in [-0.39, 0.29) is 11.3 Å². The highest BCUT2D eigenvalue weighted by molar-refractivity contribution is 5.88. The van der Waals surface area contributed by atoms with Gasteiger partial charge in [-0.2, -0.15) is 0 Å². The highest BCUT2D eigenvalue weighted by Gasteiger charge is 2.26. The van der Waals surface area contributed by atoms with Gasteiger partial charge in [-0.15, -0.1) is 0 Å². The predicted molar refractivity (Wildman–Crippen MR) is 127 cm³/mol. The smallest absolute Gasteiger partial charge is 0.316 e. The normalized spacial score (nSPS) is 17.5. The Kier molecular flexibility index (Phi) is 9.44. The van der Waals surface area contributed by atoms with Gasteiger partial charge in [-0.3, -0.25) is 4.79 Å². The van der Waals surface area contributed by atoms with Gasteiger partial charge in [-0.05, 0) is 62.7 Å². The van der Waals surface area contributed by atoms with Gasteiger partial charge < -0.3 is 10.1 Å². The van der Waals surface area contributed by atoms with Crippen molar-refractivity contribution in [2.75, 3.05) is 13.2 Å². The number of allylic oxidation sites excluding steroid dienone is 9. The maximum atomic E-state index is 12.0. The monoisotopic (exact) mass is 421 g/mol. The van der Waals surface area contributed by atoms with Crippen LogP contribution in [0.4, 0.5) is 0 Å². The molecule has 0 atom stereocenters. The predicted octanol–water partition coefficient (Wildman–Crippen LogP) is 5.50. The van der Waals surface area contributed by atoms with E-state index in [2.05, 4.69) is 61.2 Å². The molecule has 1 N–H and O–H groups in total. The number of ether oxygens (including phenoxy) is 1. The Morgan fingerprint density at radius 3 is 2.65 bits per heavy atom. The molecule has 5 heteroatoms. The average Bonchev–Trinajstić information content (AvgIpc) is 2.71. The van der Waals surface area contributed by atoms with Gasteiger partial charge in [0, 0.05) is 18.5 Å². The van der Waals surface area contributed by atoms with Crippen LogP contribution in [-0.4, -0.2) is 29.0 Å². The number of amides is 1. The van der Waals surface area contributed by atoms with Gasteiger partial charge in [0.2, 0.25) is 5.91 Å². The van der Waals surface area contributed by atoms with Crippen molar-refractivity contribution in [1.29, 1.82) is 0 Å². The Bertz CT molecular complexity index is 890. The summed E-state index contributed by atoms with van der Waals surface area (Å²) in [5.74, 6) is -0.151. The average molecular weight is 422 g/mol. The zero-order valence-electron chi connectivity index (χ0n) is 19.4. The van der Waals surface area contributed by atoms with Gasteiger partial charge in [0.25, 0.3) is 0 Å². The Labute approximate surface area is 186 Å². The fourth-order valence-corrected chi connectivity index (χ4v) is 3.61. The summed E-state index contributed by atoms with van der Waals surface area (Å²) in [5.41, 5.74) is 5.27. The molecule has 0 saturated heterocycles. The summed E-state index contributed by atoms with van der Waals surface area (Å²) in [6, 6.07) is 2.03. The molecule has 0 spiro atoms. The number of hydrogen-bond donors (Lipinski definition) is 1. The van der Waals surface area contributed by atoms with Crippen LogP contribution < -0.4 is 10.1 Å². The third-order valence-corrected chi connectivity index (χ3v) is 5.31. The number of hydrogen-bond acceptors (Lipinski definition) is 4. The number of carbonyl (C=O) groups is 1. The molecule has 0 bridgehead atoms. The van der Waals surface area contributed by atoms with Crippen molar-refractivity contribution in [1.82, 2.24) is 15.3 Å². The van der Waals surface area contributed by atoms with Gasteiger partial charge >= 0.3 is 6.01 Å². The van der Waals surface area contributed by atoms with E-state index >= 15 is 0 Å². The Morgan fingerprint density at radius 2 is 1.94 bits per heavy atom. The number of nitrogens with zero attached hydrogens (tertiary/aromatic N) is 2. The minimum atomic E-state index is -0.151. The van der Waals surface area contributed by atoms with Crippen LogP contribution in [0.2, 0.25) is 0 Å². The quantitative estimate of drug-likeness (QED) is 0.325. The van der Waals surface area contributed by atoms with Crippen LogP contribution in [0.5, 0.6) is 6.01 Å². The van der Waals surface area contributed by atoms with E-state index in [0.717, 1.165) is 5.57 Å². The fourth-order valence-electron chi connectivity index (χ4n) is 3.61. The van der Waals surface area contributed by atoms with E-state index in [0.29, 0.717) is 19.2 Å². The summed E-state index contributed by atoms with van der Waals surface area (Å²) in [5, 5.41) is 2.79. The van der Waals surface area contributed by atoms with Crippen molar-refractivity contribution in [3.05, 3.63) is 77.2 Å². The summed E-state index contributed by atoms with van der Waals surface area (Å²) in [6.07, 6.45) is 18.9. The molecule has 5 nitrogen and oxygen atoms in total. The largest absolute Gasteiger partial charge is 0.462 e. The summed E-state index contributed by atoms with van der Waals surface area (Å²) < 4.78 is 5.35. The molecule has 0 fully saturated rings. The van der Waals surface area contributed by atoms with E-state index in [1.54, 1.807) is 24.5 Å². The van der Waals surface area contributed by atoms with Crippen LogP contribution in [0, 0.1) is 5.41 Å². The lowest BCUT2D eigenvalue weighted by Gasteiger charge is -2.32. The molecular formula is C26H35N3O2. The topological polar surface area (TPSA) is 64.1 Å². The molecule has 1 aliphatic rings. The second-order valence-electron chi connectivity index (χ2n) is 8.59. The summed E-state index contributed by atoms with van der Waals surface area (Å²) in [4.78, 5) is 19.9. The third-order valence-electron chi connectivity index (χ3n) is 5.31. The zero-order chi connectivity index (χ0) is 22.7. The highest BCUT2D eigenvalue weighted by Crippen LogP contribution is 2.40. The third kappa shape index (κ3) is 8.75. The van der Waals surface area contributed by atoms with Gasteiger partial charge in [0.1, 0.15) is 6.61 Å². The molecule has 1 aromatic heterocycles. The van der Waals surface area contributed by atoms with Crippen molar-refractivity contribution in [2.45, 2.75) is 53.9 Å². The van der Waals surface area contributed by atoms with Crippen molar-refractivity contribution in [3.63, 3.8) is 0 Å². The molecule has 1 amide bonds. The summed E-state index contributed by atoms with van der Waals surface area (Å²) >= 11 is 0. The van der Waals surface area contributed by atoms with Crippen LogP contribution in [0.15, 0.2) is 77.2 Å². The van der Waals surface area contributed by atoms with E-state index in [1.807, 2.05) is 19.1 Å². The SMILES string of the molecule is CC(C=CC1=C(C)CCCC1(C)C)=CC=CC(C)=CC(=O)NCCOc1ncccn1. The summed E-state index contributed by atoms with van der Waals surface area (Å²) in [7, 11) is 0. The molecule has 0 unspecified atom stereocenters. The van der Waals surface area contributed by atoms with E-state index in [1.165, 1.54) is 36.0 Å². The second kappa shape index (κ2) is 12.0. The molecule has 1 aromatic rings. The Balaban J connectivity index is 1.80. The van der Waals surface area contributed by atoms with E-state index in [4.69, 9.17) is 4.74 Å². The van der Waals surface area contributed by atoms with Crippen LogP contribution in [0.1, 0.15) is 53.9 Å². The van der Waals surface area contributed by atoms with Crippen molar-refractivity contribution in [2.24, 2.45) is 5.41 Å². The molecule has 166 valence electrons. The molecule has 0 aliphatic heterocycles.